The highest BCUT2D eigenvalue weighted by Crippen LogP contribution is 2.45. The third kappa shape index (κ3) is 4.29. The second-order valence-electron chi connectivity index (χ2n) is 12.9. The minimum Gasteiger partial charge on any atom is -0.310 e. The number of hydrogen-bond donors (Lipinski definition) is 0. The van der Waals surface area contributed by atoms with Crippen molar-refractivity contribution in [3.8, 4) is 11.1 Å². The third-order valence-electron chi connectivity index (χ3n) is 10.1. The molecule has 0 aliphatic rings. The second kappa shape index (κ2) is 11.0. The molecule has 0 bridgehead atoms. The fourth-order valence-electron chi connectivity index (χ4n) is 7.77. The van der Waals surface area contributed by atoms with Crippen LogP contribution >= 0.6 is 34.0 Å². The molecule has 0 unspecified atom stereocenters. The van der Waals surface area contributed by atoms with Crippen molar-refractivity contribution < 1.29 is 0 Å². The average molecular weight is 690 g/mol. The van der Waals surface area contributed by atoms with Crippen LogP contribution in [0.15, 0.2) is 164 Å². The van der Waals surface area contributed by atoms with E-state index in [2.05, 4.69) is 169 Å². The van der Waals surface area contributed by atoms with Crippen molar-refractivity contribution in [3.05, 3.63) is 164 Å². The van der Waals surface area contributed by atoms with Gasteiger partial charge in [0.25, 0.3) is 0 Å². The van der Waals surface area contributed by atoms with E-state index in [1.807, 2.05) is 34.0 Å². The lowest BCUT2D eigenvalue weighted by molar-refractivity contribution is 1.30. The van der Waals surface area contributed by atoms with E-state index in [-0.39, 0.29) is 0 Å². The summed E-state index contributed by atoms with van der Waals surface area (Å²) in [5, 5.41) is 10.6. The SMILES string of the molecule is c1ccc2c(c1)sc1cc(N(c3ccc(-c4cc5sc6ccccc6c5c5ccccc45)cc3)c3ccc4sc5ccccc5c4c3)ccc12. The first-order valence-corrected chi connectivity index (χ1v) is 19.3. The molecule has 3 aromatic heterocycles. The van der Waals surface area contributed by atoms with Crippen molar-refractivity contribution in [2.75, 3.05) is 4.90 Å². The first kappa shape index (κ1) is 28.3. The lowest BCUT2D eigenvalue weighted by Crippen LogP contribution is -2.09. The summed E-state index contributed by atoms with van der Waals surface area (Å²) in [6.45, 7) is 0. The summed E-state index contributed by atoms with van der Waals surface area (Å²) in [5.41, 5.74) is 5.96. The highest BCUT2D eigenvalue weighted by molar-refractivity contribution is 7.26. The molecular formula is C46H27NS3. The zero-order valence-electron chi connectivity index (χ0n) is 26.8. The molecule has 234 valence electrons. The largest absolute Gasteiger partial charge is 0.310 e. The van der Waals surface area contributed by atoms with Crippen LogP contribution < -0.4 is 4.90 Å². The lowest BCUT2D eigenvalue weighted by Gasteiger charge is -2.26. The van der Waals surface area contributed by atoms with E-state index >= 15 is 0 Å². The molecule has 0 fully saturated rings. The van der Waals surface area contributed by atoms with Crippen molar-refractivity contribution >= 4 is 122 Å². The van der Waals surface area contributed by atoms with Gasteiger partial charge < -0.3 is 4.90 Å². The number of fused-ring (bicyclic) bond motifs is 11. The van der Waals surface area contributed by atoms with E-state index in [1.165, 1.54) is 82.4 Å². The van der Waals surface area contributed by atoms with E-state index < -0.39 is 0 Å². The highest BCUT2D eigenvalue weighted by Gasteiger charge is 2.18. The third-order valence-corrected chi connectivity index (χ3v) is 13.5. The van der Waals surface area contributed by atoms with Gasteiger partial charge in [0.05, 0.1) is 0 Å². The average Bonchev–Trinajstić information content (AvgIpc) is 3.86. The molecule has 0 saturated heterocycles. The molecule has 0 saturated carbocycles. The molecule has 1 nitrogen and oxygen atoms in total. The number of benzene rings is 8. The maximum atomic E-state index is 2.42. The Balaban J connectivity index is 1.09. The summed E-state index contributed by atoms with van der Waals surface area (Å²) in [4.78, 5) is 2.42. The zero-order valence-corrected chi connectivity index (χ0v) is 29.2. The summed E-state index contributed by atoms with van der Waals surface area (Å²) in [6, 6.07) is 60.7. The maximum Gasteiger partial charge on any atom is 0.0476 e. The molecule has 8 aromatic carbocycles. The predicted octanol–water partition coefficient (Wildman–Crippen LogP) is 15.1. The Morgan fingerprint density at radius 3 is 1.56 bits per heavy atom. The number of rotatable bonds is 4. The Hall–Kier alpha value is -5.52. The zero-order chi connectivity index (χ0) is 32.8. The van der Waals surface area contributed by atoms with Crippen LogP contribution in [0.25, 0.3) is 82.4 Å². The predicted molar refractivity (Wildman–Crippen MR) is 223 cm³/mol. The molecule has 0 amide bonds. The smallest absolute Gasteiger partial charge is 0.0476 e. The normalized spacial score (nSPS) is 12.0. The van der Waals surface area contributed by atoms with Gasteiger partial charge in [-0.2, -0.15) is 0 Å². The van der Waals surface area contributed by atoms with Gasteiger partial charge in [0.15, 0.2) is 0 Å². The molecule has 0 atom stereocenters. The molecule has 3 heterocycles. The molecule has 4 heteroatoms. The molecule has 11 aromatic rings. The first-order valence-electron chi connectivity index (χ1n) is 16.8. The standard InChI is InChI=1S/C46H27NS3/c1-2-12-36-32(9-1)38(27-45-46(36)37-13-5-8-16-42(37)50-45)28-17-19-29(20-18-28)47(30-22-24-43-39(25-30)34-11-4-7-15-41(34)48-43)31-21-23-35-33-10-3-6-14-40(33)49-44(35)26-31/h1-27H. The monoisotopic (exact) mass is 689 g/mol. The van der Waals surface area contributed by atoms with Crippen LogP contribution in [0.1, 0.15) is 0 Å². The first-order chi connectivity index (χ1) is 24.8. The van der Waals surface area contributed by atoms with Crippen LogP contribution in [0.4, 0.5) is 17.1 Å². The molecule has 0 aliphatic carbocycles. The van der Waals surface area contributed by atoms with Gasteiger partial charge in [0, 0.05) is 77.6 Å². The number of thiophene rings is 3. The fraction of sp³-hybridized carbons (Fsp3) is 0. The summed E-state index contributed by atoms with van der Waals surface area (Å²) >= 11 is 5.62. The second-order valence-corrected chi connectivity index (χ2v) is 16.1. The van der Waals surface area contributed by atoms with Crippen LogP contribution in [-0.2, 0) is 0 Å². The topological polar surface area (TPSA) is 3.24 Å². The number of anilines is 3. The van der Waals surface area contributed by atoms with Gasteiger partial charge in [-0.05, 0) is 88.6 Å². The molecule has 0 N–H and O–H groups in total. The van der Waals surface area contributed by atoms with Gasteiger partial charge in [-0.3, -0.25) is 0 Å². The number of nitrogens with zero attached hydrogens (tertiary/aromatic N) is 1. The van der Waals surface area contributed by atoms with Crippen molar-refractivity contribution in [2.24, 2.45) is 0 Å². The minimum atomic E-state index is 1.14. The van der Waals surface area contributed by atoms with E-state index in [1.54, 1.807) is 0 Å². The molecule has 0 radical (unpaired) electrons. The van der Waals surface area contributed by atoms with Crippen molar-refractivity contribution in [1.82, 2.24) is 0 Å². The lowest BCUT2D eigenvalue weighted by atomic mass is 9.95. The Morgan fingerprint density at radius 2 is 0.800 bits per heavy atom. The Morgan fingerprint density at radius 1 is 0.300 bits per heavy atom. The summed E-state index contributed by atoms with van der Waals surface area (Å²) < 4.78 is 7.93. The van der Waals surface area contributed by atoms with Crippen molar-refractivity contribution in [3.63, 3.8) is 0 Å². The summed E-state index contributed by atoms with van der Waals surface area (Å²) in [7, 11) is 0. The van der Waals surface area contributed by atoms with E-state index in [0.29, 0.717) is 0 Å². The van der Waals surface area contributed by atoms with Crippen LogP contribution in [-0.4, -0.2) is 0 Å². The minimum absolute atomic E-state index is 1.14. The van der Waals surface area contributed by atoms with Gasteiger partial charge in [0.1, 0.15) is 0 Å². The van der Waals surface area contributed by atoms with E-state index in [0.717, 1.165) is 17.1 Å². The van der Waals surface area contributed by atoms with E-state index in [4.69, 9.17) is 0 Å². The van der Waals surface area contributed by atoms with Gasteiger partial charge in [-0.25, -0.2) is 0 Å². The van der Waals surface area contributed by atoms with E-state index in [9.17, 15) is 0 Å². The van der Waals surface area contributed by atoms with Crippen molar-refractivity contribution in [2.45, 2.75) is 0 Å². The summed E-state index contributed by atoms with van der Waals surface area (Å²) in [6.07, 6.45) is 0. The summed E-state index contributed by atoms with van der Waals surface area (Å²) in [5.74, 6) is 0. The molecule has 0 spiro atoms. The molecule has 11 rings (SSSR count). The number of hydrogen-bond acceptors (Lipinski definition) is 4. The molecular weight excluding hydrogens is 663 g/mol. The van der Waals surface area contributed by atoms with Crippen LogP contribution in [0.3, 0.4) is 0 Å². The Labute approximate surface area is 300 Å². The molecule has 0 aliphatic heterocycles. The van der Waals surface area contributed by atoms with Crippen LogP contribution in [0.5, 0.6) is 0 Å². The fourth-order valence-corrected chi connectivity index (χ4v) is 11.2. The molecule has 50 heavy (non-hydrogen) atoms. The Bertz CT molecular complexity index is 3110. The Kier molecular flexibility index (Phi) is 6.23. The van der Waals surface area contributed by atoms with Crippen LogP contribution in [0, 0.1) is 0 Å². The van der Waals surface area contributed by atoms with Crippen molar-refractivity contribution in [1.29, 1.82) is 0 Å². The van der Waals surface area contributed by atoms with Gasteiger partial charge >= 0.3 is 0 Å². The van der Waals surface area contributed by atoms with Crippen LogP contribution in [0.2, 0.25) is 0 Å². The highest BCUT2D eigenvalue weighted by atomic mass is 32.1. The maximum absolute atomic E-state index is 2.42. The quantitative estimate of drug-likeness (QED) is 0.178. The van der Waals surface area contributed by atoms with Gasteiger partial charge in [-0.15, -0.1) is 34.0 Å². The van der Waals surface area contributed by atoms with Gasteiger partial charge in [-0.1, -0.05) is 97.1 Å². The van der Waals surface area contributed by atoms with Gasteiger partial charge in [0.2, 0.25) is 0 Å².